The standard InChI is InChI=1S/C19H20N4O2.C14H15N/c1-15(20-10-5-9-19(25)23-12-6-11-22-23)16(2)21-13-17-7-3-4-8-18(17)14-24;1-15-14(9-10-14)13-8-4-6-11-5-2-3-7-12(11)13/h3-9,11-12,14,20-21H,1-2,10,13H2;2-8,15H,9-10H2,1H3/b9-5+;. The summed E-state index contributed by atoms with van der Waals surface area (Å²) >= 11 is 0. The van der Waals surface area contributed by atoms with E-state index in [2.05, 4.69) is 83.7 Å². The zero-order chi connectivity index (χ0) is 28.4. The zero-order valence-electron chi connectivity index (χ0n) is 22.8. The minimum atomic E-state index is -0.222. The third kappa shape index (κ3) is 7.01. The van der Waals surface area contributed by atoms with E-state index in [1.54, 1.807) is 30.6 Å². The summed E-state index contributed by atoms with van der Waals surface area (Å²) in [7, 11) is 2.06. The van der Waals surface area contributed by atoms with Crippen LogP contribution in [0.2, 0.25) is 0 Å². The topological polar surface area (TPSA) is 88.1 Å². The second-order valence-electron chi connectivity index (χ2n) is 9.56. The lowest BCUT2D eigenvalue weighted by Crippen LogP contribution is -2.24. The Kier molecular flexibility index (Phi) is 9.44. The quantitative estimate of drug-likeness (QED) is 0.137. The number of rotatable bonds is 11. The molecule has 3 aromatic carbocycles. The Morgan fingerprint density at radius 2 is 1.70 bits per heavy atom. The molecule has 0 amide bonds. The summed E-state index contributed by atoms with van der Waals surface area (Å²) < 4.78 is 1.25. The molecule has 1 fully saturated rings. The molecule has 1 aliphatic carbocycles. The van der Waals surface area contributed by atoms with E-state index in [4.69, 9.17) is 0 Å². The van der Waals surface area contributed by atoms with Gasteiger partial charge in [0.25, 0.3) is 5.91 Å². The van der Waals surface area contributed by atoms with Crippen molar-refractivity contribution < 1.29 is 9.59 Å². The zero-order valence-corrected chi connectivity index (χ0v) is 22.8. The number of nitrogens with zero attached hydrogens (tertiary/aromatic N) is 2. The highest BCUT2D eigenvalue weighted by Gasteiger charge is 2.43. The van der Waals surface area contributed by atoms with Crippen LogP contribution in [0.4, 0.5) is 0 Å². The third-order valence-electron chi connectivity index (χ3n) is 7.00. The molecule has 7 nitrogen and oxygen atoms in total. The molecule has 1 aromatic heterocycles. The summed E-state index contributed by atoms with van der Waals surface area (Å²) in [4.78, 5) is 22.7. The highest BCUT2D eigenvalue weighted by molar-refractivity contribution is 5.89. The number of allylic oxidation sites excluding steroid dienone is 1. The van der Waals surface area contributed by atoms with Gasteiger partial charge in [-0.05, 0) is 47.9 Å². The molecule has 5 rings (SSSR count). The van der Waals surface area contributed by atoms with Gasteiger partial charge in [-0.25, -0.2) is 4.68 Å². The van der Waals surface area contributed by atoms with E-state index in [9.17, 15) is 9.59 Å². The molecule has 1 aliphatic rings. The minimum absolute atomic E-state index is 0.222. The van der Waals surface area contributed by atoms with Crippen LogP contribution in [0.15, 0.2) is 122 Å². The number of nitrogens with one attached hydrogen (secondary N) is 3. The van der Waals surface area contributed by atoms with Gasteiger partial charge in [0.2, 0.25) is 0 Å². The molecule has 40 heavy (non-hydrogen) atoms. The van der Waals surface area contributed by atoms with Gasteiger partial charge in [-0.1, -0.05) is 86.0 Å². The Balaban J connectivity index is 0.000000208. The molecule has 4 aromatic rings. The molecule has 0 spiro atoms. The van der Waals surface area contributed by atoms with Crippen LogP contribution in [0.25, 0.3) is 10.8 Å². The lowest BCUT2D eigenvalue weighted by Gasteiger charge is -2.17. The lowest BCUT2D eigenvalue weighted by atomic mass is 9.97. The fraction of sp³-hybridized carbons (Fsp3) is 0.182. The molecule has 1 heterocycles. The maximum absolute atomic E-state index is 11.7. The first-order valence-electron chi connectivity index (χ1n) is 13.2. The number of hydrogen-bond acceptors (Lipinski definition) is 6. The van der Waals surface area contributed by atoms with Crippen molar-refractivity contribution in [1.29, 1.82) is 0 Å². The van der Waals surface area contributed by atoms with Crippen LogP contribution >= 0.6 is 0 Å². The van der Waals surface area contributed by atoms with Crippen LogP contribution in [-0.4, -0.2) is 35.6 Å². The number of hydrogen-bond donors (Lipinski definition) is 3. The number of benzene rings is 3. The largest absolute Gasteiger partial charge is 0.380 e. The van der Waals surface area contributed by atoms with E-state index in [0.29, 0.717) is 30.0 Å². The monoisotopic (exact) mass is 533 g/mol. The number of aldehydes is 1. The first-order valence-corrected chi connectivity index (χ1v) is 13.2. The van der Waals surface area contributed by atoms with Gasteiger partial charge in [-0.3, -0.25) is 9.59 Å². The average Bonchev–Trinajstić information content (AvgIpc) is 3.60. The summed E-state index contributed by atoms with van der Waals surface area (Å²) in [6, 6.07) is 24.3. The van der Waals surface area contributed by atoms with Crippen molar-refractivity contribution in [3.8, 4) is 0 Å². The fourth-order valence-corrected chi connectivity index (χ4v) is 4.46. The molecule has 0 radical (unpaired) electrons. The molecule has 0 atom stereocenters. The molecule has 3 N–H and O–H groups in total. The van der Waals surface area contributed by atoms with Gasteiger partial charge in [0, 0.05) is 54.1 Å². The van der Waals surface area contributed by atoms with Gasteiger partial charge >= 0.3 is 0 Å². The van der Waals surface area contributed by atoms with Crippen LogP contribution in [-0.2, 0) is 12.1 Å². The van der Waals surface area contributed by atoms with Gasteiger partial charge in [0.05, 0.1) is 0 Å². The van der Waals surface area contributed by atoms with E-state index in [-0.39, 0.29) is 11.4 Å². The van der Waals surface area contributed by atoms with Gasteiger partial charge in [0.15, 0.2) is 0 Å². The predicted molar refractivity (Wildman–Crippen MR) is 161 cm³/mol. The average molecular weight is 534 g/mol. The maximum atomic E-state index is 11.7. The Bertz CT molecular complexity index is 1510. The van der Waals surface area contributed by atoms with Crippen molar-refractivity contribution in [2.24, 2.45) is 0 Å². The SMILES string of the molecule is C=C(NC/C=C/C(=O)n1cccn1)C(=C)NCc1ccccc1C=O.CNC1(c2cccc3ccccc23)CC1. The molecular formula is C33H35N5O2. The fourth-order valence-electron chi connectivity index (χ4n) is 4.46. The first-order chi connectivity index (χ1) is 19.5. The molecule has 0 saturated heterocycles. The second-order valence-corrected chi connectivity index (χ2v) is 9.56. The van der Waals surface area contributed by atoms with Crippen LogP contribution in [0.3, 0.4) is 0 Å². The molecule has 7 heteroatoms. The molecule has 204 valence electrons. The number of aromatic nitrogens is 2. The third-order valence-corrected chi connectivity index (χ3v) is 7.00. The van der Waals surface area contributed by atoms with Crippen molar-refractivity contribution in [2.45, 2.75) is 24.9 Å². The van der Waals surface area contributed by atoms with Crippen molar-refractivity contribution in [1.82, 2.24) is 25.7 Å². The Morgan fingerprint density at radius 1 is 0.975 bits per heavy atom. The summed E-state index contributed by atoms with van der Waals surface area (Å²) in [5.74, 6) is -0.222. The highest BCUT2D eigenvalue weighted by Crippen LogP contribution is 2.47. The summed E-state index contributed by atoms with van der Waals surface area (Å²) in [6.45, 7) is 8.71. The molecule has 0 aliphatic heterocycles. The summed E-state index contributed by atoms with van der Waals surface area (Å²) in [6.07, 6.45) is 9.60. The van der Waals surface area contributed by atoms with Gasteiger partial charge in [-0.2, -0.15) is 5.10 Å². The molecular weight excluding hydrogens is 498 g/mol. The lowest BCUT2D eigenvalue weighted by molar-refractivity contribution is 0.0953. The molecule has 1 saturated carbocycles. The summed E-state index contributed by atoms with van der Waals surface area (Å²) in [5, 5.41) is 16.2. The Labute approximate surface area is 235 Å². The second kappa shape index (κ2) is 13.4. The highest BCUT2D eigenvalue weighted by atomic mass is 16.2. The van der Waals surface area contributed by atoms with Crippen LogP contribution in [0.5, 0.6) is 0 Å². The van der Waals surface area contributed by atoms with Gasteiger partial charge < -0.3 is 16.0 Å². The summed E-state index contributed by atoms with van der Waals surface area (Å²) in [5.41, 5.74) is 4.48. The van der Waals surface area contributed by atoms with Crippen molar-refractivity contribution in [2.75, 3.05) is 13.6 Å². The Hall–Kier alpha value is -4.75. The minimum Gasteiger partial charge on any atom is -0.380 e. The van der Waals surface area contributed by atoms with Crippen molar-refractivity contribution in [3.05, 3.63) is 139 Å². The van der Waals surface area contributed by atoms with Crippen LogP contribution in [0, 0.1) is 0 Å². The number of fused-ring (bicyclic) bond motifs is 1. The van der Waals surface area contributed by atoms with Crippen LogP contribution < -0.4 is 16.0 Å². The number of carbonyl (C=O) groups excluding carboxylic acids is 2. The van der Waals surface area contributed by atoms with Crippen molar-refractivity contribution >= 4 is 23.0 Å². The van der Waals surface area contributed by atoms with Gasteiger partial charge in [0.1, 0.15) is 6.29 Å². The van der Waals surface area contributed by atoms with E-state index < -0.39 is 0 Å². The maximum Gasteiger partial charge on any atom is 0.270 e. The number of carbonyl (C=O) groups is 2. The molecule has 0 bridgehead atoms. The van der Waals surface area contributed by atoms with E-state index >= 15 is 0 Å². The Morgan fingerprint density at radius 3 is 2.42 bits per heavy atom. The smallest absolute Gasteiger partial charge is 0.270 e. The first kappa shape index (κ1) is 28.3. The van der Waals surface area contributed by atoms with E-state index in [1.165, 1.54) is 39.9 Å². The van der Waals surface area contributed by atoms with Crippen LogP contribution in [0.1, 0.15) is 39.1 Å². The molecule has 0 unspecified atom stereocenters. The van der Waals surface area contributed by atoms with Crippen molar-refractivity contribution in [3.63, 3.8) is 0 Å². The van der Waals surface area contributed by atoms with E-state index in [0.717, 1.165) is 11.8 Å². The van der Waals surface area contributed by atoms with E-state index in [1.807, 2.05) is 18.2 Å². The van der Waals surface area contributed by atoms with Gasteiger partial charge in [-0.15, -0.1) is 0 Å². The normalized spacial score (nSPS) is 13.2. The predicted octanol–water partition coefficient (Wildman–Crippen LogP) is 5.35.